The molecule has 0 bridgehead atoms. The van der Waals surface area contributed by atoms with Crippen LogP contribution in [0.25, 0.3) is 0 Å². The van der Waals surface area contributed by atoms with E-state index in [-0.39, 0.29) is 37.5 Å². The standard InChI is InChI=1S/C73H124O6/c1-4-7-10-13-16-19-22-25-27-28-29-30-31-32-33-34-35-36-37-38-39-40-41-42-43-44-46-48-51-54-57-60-63-66-72(75)78-69-70(68-77-71(74)65-62-59-56-53-50-47-24-21-18-15-12-9-6-3)79-73(76)67-64-61-58-55-52-49-45-26-23-20-17-14-11-8-5-2/h7-8,10-11,16-17,19-20,25-27,29-30,32-33,45,52,55,70H,4-6,9,12-15,18,21-24,28,31,34-44,46-51,53-54,56-69H2,1-3H3/b10-7-,11-8-,19-16-,20-17-,27-25-,30-29-,33-32-,45-26-,55-52-. The lowest BCUT2D eigenvalue weighted by atomic mass is 10.0. The minimum absolute atomic E-state index is 0.0907. The molecule has 0 heterocycles. The first kappa shape index (κ1) is 75.1. The molecule has 0 radical (unpaired) electrons. The van der Waals surface area contributed by atoms with Crippen molar-refractivity contribution < 1.29 is 28.6 Å². The van der Waals surface area contributed by atoms with Crippen LogP contribution in [-0.4, -0.2) is 37.2 Å². The smallest absolute Gasteiger partial charge is 0.306 e. The minimum atomic E-state index is -0.798. The largest absolute Gasteiger partial charge is 0.462 e. The molecule has 0 saturated heterocycles. The molecule has 0 aliphatic heterocycles. The number of allylic oxidation sites excluding steroid dienone is 18. The van der Waals surface area contributed by atoms with E-state index in [0.29, 0.717) is 19.3 Å². The van der Waals surface area contributed by atoms with Gasteiger partial charge >= 0.3 is 17.9 Å². The van der Waals surface area contributed by atoms with E-state index in [1.807, 2.05) is 0 Å². The predicted molar refractivity (Wildman–Crippen MR) is 343 cm³/mol. The molecule has 0 aromatic carbocycles. The number of unbranched alkanes of at least 4 members (excludes halogenated alkanes) is 31. The van der Waals surface area contributed by atoms with Crippen LogP contribution in [0.1, 0.15) is 316 Å². The number of hydrogen-bond donors (Lipinski definition) is 0. The maximum atomic E-state index is 12.9. The van der Waals surface area contributed by atoms with Crippen LogP contribution < -0.4 is 0 Å². The Balaban J connectivity index is 4.18. The van der Waals surface area contributed by atoms with E-state index in [1.54, 1.807) is 0 Å². The summed E-state index contributed by atoms with van der Waals surface area (Å²) < 4.78 is 16.9. The molecule has 0 N–H and O–H groups in total. The highest BCUT2D eigenvalue weighted by molar-refractivity contribution is 5.71. The van der Waals surface area contributed by atoms with Crippen molar-refractivity contribution in [3.63, 3.8) is 0 Å². The van der Waals surface area contributed by atoms with Crippen molar-refractivity contribution in [3.05, 3.63) is 109 Å². The summed E-state index contributed by atoms with van der Waals surface area (Å²) in [6, 6.07) is 0. The van der Waals surface area contributed by atoms with Gasteiger partial charge in [0, 0.05) is 19.3 Å². The fourth-order valence-electron chi connectivity index (χ4n) is 9.35. The monoisotopic (exact) mass is 1100 g/mol. The maximum absolute atomic E-state index is 12.9. The molecule has 0 aromatic rings. The maximum Gasteiger partial charge on any atom is 0.306 e. The molecule has 0 aromatic heterocycles. The molecular weight excluding hydrogens is 973 g/mol. The van der Waals surface area contributed by atoms with Gasteiger partial charge < -0.3 is 14.2 Å². The first-order chi connectivity index (χ1) is 39.0. The minimum Gasteiger partial charge on any atom is -0.462 e. The lowest BCUT2D eigenvalue weighted by molar-refractivity contribution is -0.167. The summed E-state index contributed by atoms with van der Waals surface area (Å²) in [5.74, 6) is -0.921. The highest BCUT2D eigenvalue weighted by Gasteiger charge is 2.19. The first-order valence-electron chi connectivity index (χ1n) is 33.4. The van der Waals surface area contributed by atoms with Gasteiger partial charge in [0.1, 0.15) is 13.2 Å². The average Bonchev–Trinajstić information content (AvgIpc) is 3.45. The van der Waals surface area contributed by atoms with E-state index < -0.39 is 6.10 Å². The number of rotatable bonds is 60. The van der Waals surface area contributed by atoms with Crippen LogP contribution in [0.4, 0.5) is 0 Å². The fraction of sp³-hybridized carbons (Fsp3) is 0.712. The molecule has 1 atom stereocenters. The molecule has 0 fully saturated rings. The van der Waals surface area contributed by atoms with Crippen molar-refractivity contribution in [1.82, 2.24) is 0 Å². The zero-order chi connectivity index (χ0) is 57.1. The van der Waals surface area contributed by atoms with Gasteiger partial charge in [0.25, 0.3) is 0 Å². The van der Waals surface area contributed by atoms with E-state index in [9.17, 15) is 14.4 Å². The Bertz CT molecular complexity index is 1590. The highest BCUT2D eigenvalue weighted by Crippen LogP contribution is 2.17. The van der Waals surface area contributed by atoms with Gasteiger partial charge in [-0.3, -0.25) is 14.4 Å². The summed E-state index contributed by atoms with van der Waals surface area (Å²) in [5, 5.41) is 0. The number of carbonyl (C=O) groups excluding carboxylic acids is 3. The Morgan fingerprint density at radius 3 is 0.797 bits per heavy atom. The molecule has 0 spiro atoms. The van der Waals surface area contributed by atoms with Crippen molar-refractivity contribution >= 4 is 17.9 Å². The van der Waals surface area contributed by atoms with Gasteiger partial charge in [-0.1, -0.05) is 304 Å². The molecule has 1 unspecified atom stereocenters. The van der Waals surface area contributed by atoms with E-state index >= 15 is 0 Å². The van der Waals surface area contributed by atoms with Crippen LogP contribution in [0.15, 0.2) is 109 Å². The van der Waals surface area contributed by atoms with E-state index in [0.717, 1.165) is 109 Å². The lowest BCUT2D eigenvalue weighted by Gasteiger charge is -2.18. The summed E-state index contributed by atoms with van der Waals surface area (Å²) >= 11 is 0. The summed E-state index contributed by atoms with van der Waals surface area (Å²) in [5.41, 5.74) is 0. The second kappa shape index (κ2) is 66.6. The second-order valence-corrected chi connectivity index (χ2v) is 22.0. The summed E-state index contributed by atoms with van der Waals surface area (Å²) in [7, 11) is 0. The zero-order valence-corrected chi connectivity index (χ0v) is 51.9. The van der Waals surface area contributed by atoms with Crippen LogP contribution >= 0.6 is 0 Å². The predicted octanol–water partition coefficient (Wildman–Crippen LogP) is 23.0. The number of ether oxygens (including phenoxy) is 3. The number of esters is 3. The van der Waals surface area contributed by atoms with Crippen molar-refractivity contribution in [2.45, 2.75) is 322 Å². The molecule has 0 rings (SSSR count). The molecule has 452 valence electrons. The molecule has 6 heteroatoms. The number of hydrogen-bond acceptors (Lipinski definition) is 6. The van der Waals surface area contributed by atoms with Crippen LogP contribution in [0.5, 0.6) is 0 Å². The second-order valence-electron chi connectivity index (χ2n) is 22.0. The van der Waals surface area contributed by atoms with E-state index in [2.05, 4.69) is 130 Å². The molecular formula is C73H124O6. The van der Waals surface area contributed by atoms with Crippen LogP contribution in [0.2, 0.25) is 0 Å². The molecule has 6 nitrogen and oxygen atoms in total. The van der Waals surface area contributed by atoms with Gasteiger partial charge in [-0.15, -0.1) is 0 Å². The lowest BCUT2D eigenvalue weighted by Crippen LogP contribution is -2.30. The quantitative estimate of drug-likeness (QED) is 0.0261. The van der Waals surface area contributed by atoms with Gasteiger partial charge in [-0.25, -0.2) is 0 Å². The highest BCUT2D eigenvalue weighted by atomic mass is 16.6. The molecule has 0 amide bonds. The third-order valence-corrected chi connectivity index (χ3v) is 14.3. The van der Waals surface area contributed by atoms with Gasteiger partial charge in [0.05, 0.1) is 0 Å². The Kier molecular flexibility index (Phi) is 63.3. The van der Waals surface area contributed by atoms with Crippen molar-refractivity contribution in [2.75, 3.05) is 13.2 Å². The summed E-state index contributed by atoms with van der Waals surface area (Å²) in [6.45, 7) is 6.40. The summed E-state index contributed by atoms with van der Waals surface area (Å²) in [4.78, 5) is 38.3. The Labute approximate surface area is 489 Å². The van der Waals surface area contributed by atoms with Crippen molar-refractivity contribution in [3.8, 4) is 0 Å². The van der Waals surface area contributed by atoms with Gasteiger partial charge in [-0.2, -0.15) is 0 Å². The van der Waals surface area contributed by atoms with Gasteiger partial charge in [-0.05, 0) is 103 Å². The fourth-order valence-corrected chi connectivity index (χ4v) is 9.35. The average molecular weight is 1100 g/mol. The molecule has 79 heavy (non-hydrogen) atoms. The first-order valence-corrected chi connectivity index (χ1v) is 33.4. The van der Waals surface area contributed by atoms with Gasteiger partial charge in [0.15, 0.2) is 6.10 Å². The molecule has 0 aliphatic rings. The molecule has 0 aliphatic carbocycles. The van der Waals surface area contributed by atoms with Crippen LogP contribution in [0.3, 0.4) is 0 Å². The Morgan fingerprint density at radius 1 is 0.266 bits per heavy atom. The van der Waals surface area contributed by atoms with Crippen LogP contribution in [0, 0.1) is 0 Å². The van der Waals surface area contributed by atoms with Gasteiger partial charge in [0.2, 0.25) is 0 Å². The third kappa shape index (κ3) is 64.8. The van der Waals surface area contributed by atoms with E-state index in [4.69, 9.17) is 14.2 Å². The Hall–Kier alpha value is -3.93. The normalized spacial score (nSPS) is 12.8. The zero-order valence-electron chi connectivity index (χ0n) is 51.9. The topological polar surface area (TPSA) is 78.9 Å². The van der Waals surface area contributed by atoms with Crippen molar-refractivity contribution in [1.29, 1.82) is 0 Å². The van der Waals surface area contributed by atoms with Crippen molar-refractivity contribution in [2.24, 2.45) is 0 Å². The third-order valence-electron chi connectivity index (χ3n) is 14.3. The molecule has 0 saturated carbocycles. The van der Waals surface area contributed by atoms with Crippen LogP contribution in [-0.2, 0) is 28.6 Å². The SMILES string of the molecule is CC/C=C\C/C=C\C/C=C\C/C=C\C/C=C\CCCCCCCCCCCCCCCCCCCC(=O)OCC(COC(=O)CCCCCCCCCCCCCCC)OC(=O)CCCC/C=C\C/C=C\C/C=C\C/C=C\CC. The van der Waals surface area contributed by atoms with E-state index in [1.165, 1.54) is 161 Å². The Morgan fingerprint density at radius 2 is 0.494 bits per heavy atom. The number of carbonyl (C=O) groups is 3. The summed E-state index contributed by atoms with van der Waals surface area (Å²) in [6.07, 6.45) is 91.2.